The zero-order chi connectivity index (χ0) is 19.8. The number of rotatable bonds is 4. The Balaban J connectivity index is 1.77. The molecule has 1 atom stereocenters. The highest BCUT2D eigenvalue weighted by Gasteiger charge is 2.30. The fourth-order valence-corrected chi connectivity index (χ4v) is 4.32. The van der Waals surface area contributed by atoms with Crippen LogP contribution in [-0.4, -0.2) is 17.8 Å². The first-order chi connectivity index (χ1) is 12.6. The molecule has 0 saturated heterocycles. The second-order valence-corrected chi connectivity index (χ2v) is 9.72. The van der Waals surface area contributed by atoms with Crippen molar-refractivity contribution in [3.05, 3.63) is 40.9 Å². The van der Waals surface area contributed by atoms with Crippen LogP contribution in [0.4, 0.5) is 0 Å². The van der Waals surface area contributed by atoms with E-state index in [9.17, 15) is 5.11 Å². The van der Waals surface area contributed by atoms with Crippen molar-refractivity contribution >= 4 is 22.4 Å². The normalized spacial score (nSPS) is 23.2. The average molecular weight is 390 g/mol. The standard InChI is InChI=1S/C23H32ClNO2/c1-22(2,3)16-6-9-18(10-7-16)27-20-12-5-15-13-17(23(4,25)14-26)8-11-19(15)21(20)24/h5,8,11-13,16,18,26H,6-7,9-10,14,25H2,1-4H3/t16-,18-,23-/m0/s1. The molecule has 0 aliphatic heterocycles. The van der Waals surface area contributed by atoms with Crippen LogP contribution in [0.3, 0.4) is 0 Å². The van der Waals surface area contributed by atoms with Crippen molar-refractivity contribution in [3.8, 4) is 5.75 Å². The number of ether oxygens (including phenoxy) is 1. The minimum absolute atomic E-state index is 0.106. The Bertz CT molecular complexity index is 802. The summed E-state index contributed by atoms with van der Waals surface area (Å²) in [7, 11) is 0. The summed E-state index contributed by atoms with van der Waals surface area (Å²) in [6.07, 6.45) is 4.81. The molecule has 1 saturated carbocycles. The largest absolute Gasteiger partial charge is 0.489 e. The van der Waals surface area contributed by atoms with E-state index in [0.717, 1.165) is 40.8 Å². The van der Waals surface area contributed by atoms with E-state index < -0.39 is 5.54 Å². The van der Waals surface area contributed by atoms with Gasteiger partial charge in [0.25, 0.3) is 0 Å². The molecule has 1 fully saturated rings. The van der Waals surface area contributed by atoms with E-state index in [1.54, 1.807) is 0 Å². The highest BCUT2D eigenvalue weighted by atomic mass is 35.5. The van der Waals surface area contributed by atoms with E-state index in [2.05, 4.69) is 20.8 Å². The first-order valence-corrected chi connectivity index (χ1v) is 10.3. The molecule has 1 aliphatic carbocycles. The molecule has 0 heterocycles. The van der Waals surface area contributed by atoms with E-state index in [4.69, 9.17) is 22.1 Å². The molecule has 2 aromatic rings. The molecule has 27 heavy (non-hydrogen) atoms. The van der Waals surface area contributed by atoms with Gasteiger partial charge in [-0.3, -0.25) is 0 Å². The van der Waals surface area contributed by atoms with Gasteiger partial charge in [-0.1, -0.05) is 50.6 Å². The van der Waals surface area contributed by atoms with Gasteiger partial charge < -0.3 is 15.6 Å². The predicted octanol–water partition coefficient (Wildman–Crippen LogP) is 5.64. The summed E-state index contributed by atoms with van der Waals surface area (Å²) in [6, 6.07) is 9.88. The van der Waals surface area contributed by atoms with Gasteiger partial charge in [-0.2, -0.15) is 0 Å². The highest BCUT2D eigenvalue weighted by Crippen LogP contribution is 2.40. The van der Waals surface area contributed by atoms with Gasteiger partial charge >= 0.3 is 0 Å². The van der Waals surface area contributed by atoms with Crippen molar-refractivity contribution in [3.63, 3.8) is 0 Å². The number of fused-ring (bicyclic) bond motifs is 1. The van der Waals surface area contributed by atoms with Gasteiger partial charge in [0.2, 0.25) is 0 Å². The Morgan fingerprint density at radius 1 is 1.07 bits per heavy atom. The van der Waals surface area contributed by atoms with Crippen LogP contribution in [0.25, 0.3) is 10.8 Å². The Labute approximate surface area is 167 Å². The molecule has 3 nitrogen and oxygen atoms in total. The summed E-state index contributed by atoms with van der Waals surface area (Å²) in [4.78, 5) is 0. The highest BCUT2D eigenvalue weighted by molar-refractivity contribution is 6.37. The molecule has 2 aromatic carbocycles. The van der Waals surface area contributed by atoms with Crippen molar-refractivity contribution in [2.75, 3.05) is 6.61 Å². The lowest BCUT2D eigenvalue weighted by Crippen LogP contribution is -2.36. The summed E-state index contributed by atoms with van der Waals surface area (Å²) in [6.45, 7) is 8.70. The Morgan fingerprint density at radius 3 is 2.33 bits per heavy atom. The number of hydrogen-bond donors (Lipinski definition) is 2. The third kappa shape index (κ3) is 4.42. The summed E-state index contributed by atoms with van der Waals surface area (Å²) < 4.78 is 6.28. The zero-order valence-corrected chi connectivity index (χ0v) is 17.6. The molecule has 0 unspecified atom stereocenters. The van der Waals surface area contributed by atoms with E-state index in [1.807, 2.05) is 37.3 Å². The van der Waals surface area contributed by atoms with Crippen LogP contribution in [0.5, 0.6) is 5.75 Å². The monoisotopic (exact) mass is 389 g/mol. The van der Waals surface area contributed by atoms with Gasteiger partial charge in [-0.15, -0.1) is 0 Å². The maximum Gasteiger partial charge on any atom is 0.138 e. The molecule has 0 amide bonds. The fourth-order valence-electron chi connectivity index (χ4n) is 4.04. The van der Waals surface area contributed by atoms with Crippen LogP contribution in [0.1, 0.15) is 58.9 Å². The Morgan fingerprint density at radius 2 is 1.74 bits per heavy atom. The number of hydrogen-bond acceptors (Lipinski definition) is 3. The van der Waals surface area contributed by atoms with Crippen molar-refractivity contribution < 1.29 is 9.84 Å². The van der Waals surface area contributed by atoms with Crippen molar-refractivity contribution in [1.29, 1.82) is 0 Å². The number of benzene rings is 2. The lowest BCUT2D eigenvalue weighted by atomic mass is 9.72. The maximum atomic E-state index is 9.50. The number of halogens is 1. The SMILES string of the molecule is CC(C)(C)[C@H]1CC[C@H](Oc2ccc3cc([C@@](C)(N)CO)ccc3c2Cl)CC1. The lowest BCUT2D eigenvalue weighted by Gasteiger charge is -2.37. The zero-order valence-electron chi connectivity index (χ0n) is 16.9. The molecule has 0 spiro atoms. The van der Waals surface area contributed by atoms with E-state index in [-0.39, 0.29) is 12.7 Å². The molecule has 148 valence electrons. The Hall–Kier alpha value is -1.29. The second-order valence-electron chi connectivity index (χ2n) is 9.35. The third-order valence-electron chi connectivity index (χ3n) is 6.10. The molecule has 0 radical (unpaired) electrons. The van der Waals surface area contributed by atoms with Gasteiger partial charge in [0.1, 0.15) is 5.75 Å². The molecule has 0 bridgehead atoms. The van der Waals surface area contributed by atoms with Gasteiger partial charge in [-0.05, 0) is 67.0 Å². The van der Waals surface area contributed by atoms with Gasteiger partial charge in [0.05, 0.1) is 23.3 Å². The summed E-state index contributed by atoms with van der Waals surface area (Å²) in [5, 5.41) is 12.1. The smallest absolute Gasteiger partial charge is 0.138 e. The molecule has 3 rings (SSSR count). The first kappa shape index (κ1) is 20.4. The predicted molar refractivity (Wildman–Crippen MR) is 113 cm³/mol. The summed E-state index contributed by atoms with van der Waals surface area (Å²) in [5.41, 5.74) is 6.65. The number of aliphatic hydroxyl groups excluding tert-OH is 1. The van der Waals surface area contributed by atoms with Gasteiger partial charge in [0, 0.05) is 5.39 Å². The minimum Gasteiger partial charge on any atom is -0.489 e. The minimum atomic E-state index is -0.762. The topological polar surface area (TPSA) is 55.5 Å². The van der Waals surface area contributed by atoms with Gasteiger partial charge in [0.15, 0.2) is 0 Å². The van der Waals surface area contributed by atoms with Gasteiger partial charge in [-0.25, -0.2) is 0 Å². The molecule has 1 aliphatic rings. The van der Waals surface area contributed by atoms with Crippen LogP contribution >= 0.6 is 11.6 Å². The summed E-state index contributed by atoms with van der Waals surface area (Å²) >= 11 is 6.66. The van der Waals surface area contributed by atoms with E-state index >= 15 is 0 Å². The molecule has 3 N–H and O–H groups in total. The number of aliphatic hydroxyl groups is 1. The Kier molecular flexibility index (Phi) is 5.77. The van der Waals surface area contributed by atoms with E-state index in [1.165, 1.54) is 12.8 Å². The maximum absolute atomic E-state index is 9.50. The number of nitrogens with two attached hydrogens (primary N) is 1. The average Bonchev–Trinajstić information content (AvgIpc) is 2.63. The summed E-state index contributed by atoms with van der Waals surface area (Å²) in [5.74, 6) is 1.52. The fraction of sp³-hybridized carbons (Fsp3) is 0.565. The van der Waals surface area contributed by atoms with Crippen LogP contribution in [0.15, 0.2) is 30.3 Å². The molecular formula is C23H32ClNO2. The van der Waals surface area contributed by atoms with Crippen LogP contribution < -0.4 is 10.5 Å². The molecule has 4 heteroatoms. The quantitative estimate of drug-likeness (QED) is 0.711. The molecular weight excluding hydrogens is 358 g/mol. The van der Waals surface area contributed by atoms with Crippen LogP contribution in [0.2, 0.25) is 5.02 Å². The van der Waals surface area contributed by atoms with Crippen molar-refractivity contribution in [2.24, 2.45) is 17.1 Å². The third-order valence-corrected chi connectivity index (χ3v) is 6.49. The molecule has 0 aromatic heterocycles. The first-order valence-electron chi connectivity index (χ1n) is 9.91. The van der Waals surface area contributed by atoms with Crippen molar-refractivity contribution in [1.82, 2.24) is 0 Å². The van der Waals surface area contributed by atoms with Crippen LogP contribution in [-0.2, 0) is 5.54 Å². The van der Waals surface area contributed by atoms with Crippen molar-refractivity contribution in [2.45, 2.75) is 65.0 Å². The second kappa shape index (κ2) is 7.62. The lowest BCUT2D eigenvalue weighted by molar-refractivity contribution is 0.0884. The van der Waals surface area contributed by atoms with Crippen LogP contribution in [0, 0.1) is 11.3 Å². The van der Waals surface area contributed by atoms with E-state index in [0.29, 0.717) is 10.4 Å².